The van der Waals surface area contributed by atoms with E-state index >= 15 is 0 Å². The fraction of sp³-hybridized carbons (Fsp3) is 0.364. The molecule has 0 unspecified atom stereocenters. The molecular weight excluding hydrogens is 360 g/mol. The first-order chi connectivity index (χ1) is 13.6. The largest absolute Gasteiger partial charge is 0.497 e. The van der Waals surface area contributed by atoms with Gasteiger partial charge in [0.25, 0.3) is 0 Å². The van der Waals surface area contributed by atoms with E-state index in [4.69, 9.17) is 18.9 Å². The van der Waals surface area contributed by atoms with Gasteiger partial charge in [-0.3, -0.25) is 0 Å². The van der Waals surface area contributed by atoms with Crippen LogP contribution in [0.4, 0.5) is 0 Å². The van der Waals surface area contributed by atoms with E-state index in [-0.39, 0.29) is 11.9 Å². The topological polar surface area (TPSA) is 71.1 Å². The molecule has 0 spiro atoms. The monoisotopic (exact) mass is 386 g/mol. The Kier molecular flexibility index (Phi) is 8.85. The number of rotatable bonds is 11. The van der Waals surface area contributed by atoms with Gasteiger partial charge in [-0.25, -0.2) is 9.59 Å². The summed E-state index contributed by atoms with van der Waals surface area (Å²) in [6.07, 6.45) is 3.34. The smallest absolute Gasteiger partial charge is 0.338 e. The van der Waals surface area contributed by atoms with Crippen molar-refractivity contribution in [3.8, 4) is 11.5 Å². The number of carbonyl (C=O) groups is 2. The summed E-state index contributed by atoms with van der Waals surface area (Å²) < 4.78 is 20.6. The molecule has 150 valence electrons. The van der Waals surface area contributed by atoms with Crippen molar-refractivity contribution in [2.75, 3.05) is 27.4 Å². The zero-order valence-corrected chi connectivity index (χ0v) is 16.3. The second-order valence-corrected chi connectivity index (χ2v) is 6.14. The third-order valence-corrected chi connectivity index (χ3v) is 4.16. The second-order valence-electron chi connectivity index (χ2n) is 6.14. The van der Waals surface area contributed by atoms with Crippen LogP contribution in [0.3, 0.4) is 0 Å². The highest BCUT2D eigenvalue weighted by molar-refractivity contribution is 5.90. The van der Waals surface area contributed by atoms with Crippen molar-refractivity contribution in [3.63, 3.8) is 0 Å². The molecule has 0 aliphatic rings. The summed E-state index contributed by atoms with van der Waals surface area (Å²) in [5, 5.41) is 0. The first kappa shape index (κ1) is 21.3. The van der Waals surface area contributed by atoms with E-state index < -0.39 is 0 Å². The van der Waals surface area contributed by atoms with Gasteiger partial charge in [0.15, 0.2) is 0 Å². The molecule has 28 heavy (non-hydrogen) atoms. The predicted octanol–water partition coefficient (Wildman–Crippen LogP) is 4.28. The van der Waals surface area contributed by atoms with Crippen LogP contribution in [-0.4, -0.2) is 39.4 Å². The van der Waals surface area contributed by atoms with Gasteiger partial charge in [0.05, 0.1) is 38.6 Å². The maximum atomic E-state index is 11.9. The lowest BCUT2D eigenvalue weighted by molar-refractivity contribution is 0.0473. The minimum Gasteiger partial charge on any atom is -0.497 e. The summed E-state index contributed by atoms with van der Waals surface area (Å²) in [6.45, 7) is 0.743. The van der Waals surface area contributed by atoms with E-state index in [9.17, 15) is 9.59 Å². The van der Waals surface area contributed by atoms with Gasteiger partial charge >= 0.3 is 11.9 Å². The van der Waals surface area contributed by atoms with Gasteiger partial charge in [0.1, 0.15) is 11.5 Å². The van der Waals surface area contributed by atoms with E-state index in [0.29, 0.717) is 35.8 Å². The Morgan fingerprint density at radius 1 is 0.607 bits per heavy atom. The van der Waals surface area contributed by atoms with Gasteiger partial charge in [-0.2, -0.15) is 0 Å². The van der Waals surface area contributed by atoms with Crippen LogP contribution in [0.2, 0.25) is 0 Å². The lowest BCUT2D eigenvalue weighted by Gasteiger charge is -2.07. The van der Waals surface area contributed by atoms with Gasteiger partial charge in [0.2, 0.25) is 0 Å². The van der Waals surface area contributed by atoms with E-state index in [0.717, 1.165) is 25.7 Å². The number of hydrogen-bond donors (Lipinski definition) is 0. The number of unbranched alkanes of at least 4 members (excludes halogenated alkanes) is 3. The van der Waals surface area contributed by atoms with Crippen molar-refractivity contribution in [2.24, 2.45) is 0 Å². The fourth-order valence-corrected chi connectivity index (χ4v) is 2.51. The summed E-state index contributed by atoms with van der Waals surface area (Å²) >= 11 is 0. The van der Waals surface area contributed by atoms with Gasteiger partial charge in [-0.15, -0.1) is 0 Å². The summed E-state index contributed by atoms with van der Waals surface area (Å²) in [4.78, 5) is 23.8. The molecule has 0 aromatic heterocycles. The molecule has 0 bridgehead atoms. The summed E-state index contributed by atoms with van der Waals surface area (Å²) in [6, 6.07) is 13.6. The highest BCUT2D eigenvalue weighted by Crippen LogP contribution is 2.13. The Hall–Kier alpha value is -3.02. The molecule has 0 fully saturated rings. The van der Waals surface area contributed by atoms with Crippen LogP contribution >= 0.6 is 0 Å². The van der Waals surface area contributed by atoms with Crippen molar-refractivity contribution in [1.29, 1.82) is 0 Å². The Morgan fingerprint density at radius 3 is 1.29 bits per heavy atom. The molecule has 0 aliphatic heterocycles. The quantitative estimate of drug-likeness (QED) is 0.424. The first-order valence-electron chi connectivity index (χ1n) is 9.26. The predicted molar refractivity (Wildman–Crippen MR) is 105 cm³/mol. The standard InChI is InChI=1S/C22H26O6/c1-25-19-11-7-17(8-12-19)21(23)27-15-5-3-4-6-16-28-22(24)18-9-13-20(26-2)14-10-18/h7-14H,3-6,15-16H2,1-2H3. The normalized spacial score (nSPS) is 10.2. The van der Waals surface area contributed by atoms with Crippen molar-refractivity contribution in [1.82, 2.24) is 0 Å². The van der Waals surface area contributed by atoms with Gasteiger partial charge < -0.3 is 18.9 Å². The van der Waals surface area contributed by atoms with E-state index in [1.165, 1.54) is 0 Å². The van der Waals surface area contributed by atoms with Crippen molar-refractivity contribution in [2.45, 2.75) is 25.7 Å². The molecule has 0 N–H and O–H groups in total. The molecule has 0 amide bonds. The van der Waals surface area contributed by atoms with Crippen LogP contribution in [-0.2, 0) is 9.47 Å². The third-order valence-electron chi connectivity index (χ3n) is 4.16. The second kappa shape index (κ2) is 11.6. The van der Waals surface area contributed by atoms with E-state index in [2.05, 4.69) is 0 Å². The highest BCUT2D eigenvalue weighted by atomic mass is 16.5. The third kappa shape index (κ3) is 6.95. The Bertz CT molecular complexity index is 671. The summed E-state index contributed by atoms with van der Waals surface area (Å²) in [5.41, 5.74) is 1.01. The number of ether oxygens (including phenoxy) is 4. The zero-order chi connectivity index (χ0) is 20.2. The number of esters is 2. The molecule has 0 heterocycles. The number of carbonyl (C=O) groups excluding carboxylic acids is 2. The molecular formula is C22H26O6. The van der Waals surface area contributed by atoms with E-state index in [1.807, 2.05) is 0 Å². The SMILES string of the molecule is COc1ccc(C(=O)OCCCCCCOC(=O)c2ccc(OC)cc2)cc1. The molecule has 6 heteroatoms. The maximum absolute atomic E-state index is 11.9. The van der Waals surface area contributed by atoms with Crippen LogP contribution in [0, 0.1) is 0 Å². The molecule has 0 aliphatic carbocycles. The molecule has 6 nitrogen and oxygen atoms in total. The van der Waals surface area contributed by atoms with Crippen LogP contribution in [0.15, 0.2) is 48.5 Å². The first-order valence-corrected chi connectivity index (χ1v) is 9.26. The van der Waals surface area contributed by atoms with Crippen LogP contribution in [0.5, 0.6) is 11.5 Å². The molecule has 0 radical (unpaired) electrons. The molecule has 0 saturated heterocycles. The average Bonchev–Trinajstić information content (AvgIpc) is 2.75. The van der Waals surface area contributed by atoms with Gasteiger partial charge in [-0.1, -0.05) is 0 Å². The Balaban J connectivity index is 1.53. The average molecular weight is 386 g/mol. The van der Waals surface area contributed by atoms with Crippen LogP contribution < -0.4 is 9.47 Å². The summed E-state index contributed by atoms with van der Waals surface area (Å²) in [5.74, 6) is 0.723. The minimum absolute atomic E-state index is 0.337. The van der Waals surface area contributed by atoms with Crippen molar-refractivity contribution in [3.05, 3.63) is 59.7 Å². The van der Waals surface area contributed by atoms with E-state index in [1.54, 1.807) is 62.8 Å². The van der Waals surface area contributed by atoms with Crippen molar-refractivity contribution >= 4 is 11.9 Å². The maximum Gasteiger partial charge on any atom is 0.338 e. The van der Waals surface area contributed by atoms with Gasteiger partial charge in [-0.05, 0) is 74.2 Å². The minimum atomic E-state index is -0.337. The molecule has 2 rings (SSSR count). The zero-order valence-electron chi connectivity index (χ0n) is 16.3. The molecule has 0 atom stereocenters. The Labute approximate surface area is 165 Å². The summed E-state index contributed by atoms with van der Waals surface area (Å²) in [7, 11) is 3.15. The molecule has 2 aromatic carbocycles. The van der Waals surface area contributed by atoms with Crippen LogP contribution in [0.1, 0.15) is 46.4 Å². The lowest BCUT2D eigenvalue weighted by atomic mass is 10.2. The lowest BCUT2D eigenvalue weighted by Crippen LogP contribution is -2.07. The number of benzene rings is 2. The number of hydrogen-bond acceptors (Lipinski definition) is 6. The van der Waals surface area contributed by atoms with Crippen LogP contribution in [0.25, 0.3) is 0 Å². The van der Waals surface area contributed by atoms with Crippen molar-refractivity contribution < 1.29 is 28.5 Å². The molecule has 2 aromatic rings. The molecule has 0 saturated carbocycles. The number of methoxy groups -OCH3 is 2. The van der Waals surface area contributed by atoms with Gasteiger partial charge in [0, 0.05) is 0 Å². The highest BCUT2D eigenvalue weighted by Gasteiger charge is 2.08. The fourth-order valence-electron chi connectivity index (χ4n) is 2.51. The Morgan fingerprint density at radius 2 is 0.964 bits per heavy atom.